The molecule has 0 aromatic heterocycles. The van der Waals surface area contributed by atoms with Crippen LogP contribution in [0.1, 0.15) is 30.9 Å². The van der Waals surface area contributed by atoms with Crippen LogP contribution in [0.15, 0.2) is 12.1 Å². The number of amides is 1. The van der Waals surface area contributed by atoms with Gasteiger partial charge in [-0.05, 0) is 69.1 Å². The Labute approximate surface area is 140 Å². The molecule has 1 amide bonds. The number of rotatable bonds is 4. The molecule has 1 aliphatic rings. The molecule has 3 N–H and O–H groups in total. The lowest BCUT2D eigenvalue weighted by Crippen LogP contribution is -2.50. The lowest BCUT2D eigenvalue weighted by molar-refractivity contribution is -0.127. The van der Waals surface area contributed by atoms with E-state index >= 15 is 0 Å². The fourth-order valence-electron chi connectivity index (χ4n) is 1.98. The van der Waals surface area contributed by atoms with Crippen molar-refractivity contribution >= 4 is 34.8 Å². The van der Waals surface area contributed by atoms with E-state index < -0.39 is 6.10 Å². The van der Waals surface area contributed by atoms with E-state index in [2.05, 4.69) is 16.2 Å². The Kier molecular flexibility index (Phi) is 5.47. The molecule has 1 fully saturated rings. The molecule has 0 heterocycles. The van der Waals surface area contributed by atoms with Crippen LogP contribution in [0, 0.1) is 13.8 Å². The summed E-state index contributed by atoms with van der Waals surface area (Å²) < 4.78 is 5.74. The maximum atomic E-state index is 12.0. The smallest absolute Gasteiger partial charge is 0.279 e. The monoisotopic (exact) mass is 341 g/mol. The summed E-state index contributed by atoms with van der Waals surface area (Å²) in [5, 5.41) is 4.14. The van der Waals surface area contributed by atoms with Crippen molar-refractivity contribution in [2.24, 2.45) is 0 Å². The summed E-state index contributed by atoms with van der Waals surface area (Å²) in [6.45, 7) is 5.47. The summed E-state index contributed by atoms with van der Waals surface area (Å²) in [7, 11) is 0. The molecule has 0 saturated heterocycles. The van der Waals surface area contributed by atoms with E-state index in [0.29, 0.717) is 21.9 Å². The molecule has 5 nitrogen and oxygen atoms in total. The van der Waals surface area contributed by atoms with Gasteiger partial charge in [0.2, 0.25) is 0 Å². The van der Waals surface area contributed by atoms with Crippen LogP contribution in [0.4, 0.5) is 0 Å². The van der Waals surface area contributed by atoms with Gasteiger partial charge in [-0.15, -0.1) is 0 Å². The molecule has 0 radical (unpaired) electrons. The third-order valence-corrected chi connectivity index (χ3v) is 3.74. The van der Waals surface area contributed by atoms with Crippen molar-refractivity contribution in [2.45, 2.75) is 45.8 Å². The Morgan fingerprint density at radius 2 is 1.91 bits per heavy atom. The number of nitrogens with one attached hydrogen (secondary N) is 3. The van der Waals surface area contributed by atoms with Gasteiger partial charge in [0.15, 0.2) is 11.2 Å². The topological polar surface area (TPSA) is 62.4 Å². The van der Waals surface area contributed by atoms with Gasteiger partial charge >= 0.3 is 0 Å². The zero-order chi connectivity index (χ0) is 16.3. The number of hydrazine groups is 1. The van der Waals surface area contributed by atoms with Gasteiger partial charge in [0, 0.05) is 11.1 Å². The van der Waals surface area contributed by atoms with Crippen LogP contribution in [-0.4, -0.2) is 23.2 Å². The molecule has 1 aromatic carbocycles. The standard InChI is InChI=1S/C15H20ClN3O2S/c1-8-6-11(16)7-9(2)13(8)21-10(3)14(20)18-19-15(22)17-12-4-5-12/h6-7,10,12H,4-5H2,1-3H3,(H,18,20)(H2,17,19,22)/t10-/m0/s1. The third kappa shape index (κ3) is 4.74. The quantitative estimate of drug-likeness (QED) is 0.580. The Hall–Kier alpha value is -1.53. The van der Waals surface area contributed by atoms with Crippen molar-refractivity contribution < 1.29 is 9.53 Å². The Bertz CT molecular complexity index is 567. The lowest BCUT2D eigenvalue weighted by atomic mass is 10.1. The van der Waals surface area contributed by atoms with Crippen LogP contribution < -0.4 is 20.9 Å². The van der Waals surface area contributed by atoms with Crippen molar-refractivity contribution in [3.05, 3.63) is 28.3 Å². The van der Waals surface area contributed by atoms with Crippen molar-refractivity contribution in [3.63, 3.8) is 0 Å². The number of ether oxygens (including phenoxy) is 1. The van der Waals surface area contributed by atoms with Crippen LogP contribution in [-0.2, 0) is 4.79 Å². The number of benzene rings is 1. The second-order valence-corrected chi connectivity index (χ2v) is 6.34. The summed E-state index contributed by atoms with van der Waals surface area (Å²) in [6, 6.07) is 4.05. The van der Waals surface area contributed by atoms with E-state index in [1.807, 2.05) is 13.8 Å². The molecular weight excluding hydrogens is 322 g/mol. The third-order valence-electron chi connectivity index (χ3n) is 3.30. The van der Waals surface area contributed by atoms with Crippen LogP contribution in [0.3, 0.4) is 0 Å². The maximum Gasteiger partial charge on any atom is 0.279 e. The van der Waals surface area contributed by atoms with Gasteiger partial charge in [-0.25, -0.2) is 0 Å². The Morgan fingerprint density at radius 3 is 2.45 bits per heavy atom. The van der Waals surface area contributed by atoms with E-state index in [4.69, 9.17) is 28.6 Å². The molecule has 22 heavy (non-hydrogen) atoms. The van der Waals surface area contributed by atoms with Crippen LogP contribution in [0.2, 0.25) is 5.02 Å². The predicted molar refractivity (Wildman–Crippen MR) is 91.1 cm³/mol. The second-order valence-electron chi connectivity index (χ2n) is 5.49. The van der Waals surface area contributed by atoms with Gasteiger partial charge in [0.05, 0.1) is 0 Å². The number of halogens is 1. The van der Waals surface area contributed by atoms with Gasteiger partial charge in [-0.3, -0.25) is 15.6 Å². The number of carbonyl (C=O) groups excluding carboxylic acids is 1. The first kappa shape index (κ1) is 16.8. The number of hydrogen-bond acceptors (Lipinski definition) is 3. The Balaban J connectivity index is 1.86. The fourth-order valence-corrected chi connectivity index (χ4v) is 2.53. The predicted octanol–water partition coefficient (Wildman–Crippen LogP) is 2.38. The highest BCUT2D eigenvalue weighted by molar-refractivity contribution is 7.80. The molecule has 0 unspecified atom stereocenters. The molecule has 120 valence electrons. The first-order valence-corrected chi connectivity index (χ1v) is 7.95. The summed E-state index contributed by atoms with van der Waals surface area (Å²) in [6.07, 6.45) is 1.57. The molecule has 0 spiro atoms. The number of carbonyl (C=O) groups is 1. The van der Waals surface area contributed by atoms with E-state index in [-0.39, 0.29) is 5.91 Å². The van der Waals surface area contributed by atoms with E-state index in [1.165, 1.54) is 0 Å². The van der Waals surface area contributed by atoms with Gasteiger partial charge in [-0.2, -0.15) is 0 Å². The first-order valence-electron chi connectivity index (χ1n) is 7.16. The molecule has 0 bridgehead atoms. The number of thiocarbonyl (C=S) groups is 1. The zero-order valence-electron chi connectivity index (χ0n) is 12.8. The second kappa shape index (κ2) is 7.15. The lowest BCUT2D eigenvalue weighted by Gasteiger charge is -2.19. The van der Waals surface area contributed by atoms with E-state index in [1.54, 1.807) is 19.1 Å². The normalized spacial score (nSPS) is 14.9. The van der Waals surface area contributed by atoms with E-state index in [9.17, 15) is 4.79 Å². The fraction of sp³-hybridized carbons (Fsp3) is 0.467. The molecule has 1 aromatic rings. The molecule has 0 aliphatic heterocycles. The number of hydrogen-bond donors (Lipinski definition) is 3. The average molecular weight is 342 g/mol. The molecule has 7 heteroatoms. The van der Waals surface area contributed by atoms with Crippen molar-refractivity contribution in [1.29, 1.82) is 0 Å². The summed E-state index contributed by atoms with van der Waals surface area (Å²) in [5.74, 6) is 0.374. The largest absolute Gasteiger partial charge is 0.480 e. The summed E-state index contributed by atoms with van der Waals surface area (Å²) >= 11 is 11.1. The minimum absolute atomic E-state index is 0.298. The number of aryl methyl sites for hydroxylation is 2. The highest BCUT2D eigenvalue weighted by Gasteiger charge is 2.22. The molecule has 1 aliphatic carbocycles. The highest BCUT2D eigenvalue weighted by Crippen LogP contribution is 2.27. The van der Waals surface area contributed by atoms with Gasteiger partial charge in [0.1, 0.15) is 5.75 Å². The van der Waals surface area contributed by atoms with Crippen molar-refractivity contribution in [2.75, 3.05) is 0 Å². The van der Waals surface area contributed by atoms with Gasteiger partial charge in [0.25, 0.3) is 5.91 Å². The zero-order valence-corrected chi connectivity index (χ0v) is 14.4. The molecule has 2 rings (SSSR count). The van der Waals surface area contributed by atoms with Crippen molar-refractivity contribution in [1.82, 2.24) is 16.2 Å². The van der Waals surface area contributed by atoms with Gasteiger partial charge in [-0.1, -0.05) is 11.6 Å². The first-order chi connectivity index (χ1) is 10.4. The SMILES string of the molecule is Cc1cc(Cl)cc(C)c1O[C@@H](C)C(=O)NNC(=S)NC1CC1. The summed E-state index contributed by atoms with van der Waals surface area (Å²) in [5.41, 5.74) is 7.00. The minimum Gasteiger partial charge on any atom is -0.480 e. The molecule has 1 saturated carbocycles. The summed E-state index contributed by atoms with van der Waals surface area (Å²) in [4.78, 5) is 12.0. The molecule has 1 atom stereocenters. The van der Waals surface area contributed by atoms with Crippen LogP contribution in [0.25, 0.3) is 0 Å². The average Bonchev–Trinajstić information content (AvgIpc) is 3.23. The van der Waals surface area contributed by atoms with E-state index in [0.717, 1.165) is 24.0 Å². The Morgan fingerprint density at radius 1 is 1.32 bits per heavy atom. The molecular formula is C15H20ClN3O2S. The van der Waals surface area contributed by atoms with Crippen LogP contribution in [0.5, 0.6) is 5.75 Å². The highest BCUT2D eigenvalue weighted by atomic mass is 35.5. The maximum absolute atomic E-state index is 12.0. The van der Waals surface area contributed by atoms with Crippen LogP contribution >= 0.6 is 23.8 Å². The van der Waals surface area contributed by atoms with Gasteiger partial charge < -0.3 is 10.1 Å². The minimum atomic E-state index is -0.658. The van der Waals surface area contributed by atoms with Crippen molar-refractivity contribution in [3.8, 4) is 5.75 Å².